The van der Waals surface area contributed by atoms with Crippen molar-refractivity contribution in [2.24, 2.45) is 0 Å². The molecule has 0 unspecified atom stereocenters. The summed E-state index contributed by atoms with van der Waals surface area (Å²) in [7, 11) is 0. The van der Waals surface area contributed by atoms with Crippen molar-refractivity contribution in [2.45, 2.75) is 37.9 Å². The predicted octanol–water partition coefficient (Wildman–Crippen LogP) is 2.89. The average Bonchev–Trinajstić information content (AvgIpc) is 3.50. The first kappa shape index (κ1) is 18.6. The molecule has 0 atom stereocenters. The Morgan fingerprint density at radius 3 is 2.37 bits per heavy atom. The number of nitrogens with zero attached hydrogens (tertiary/aromatic N) is 3. The van der Waals surface area contributed by atoms with Gasteiger partial charge in [0.2, 0.25) is 5.91 Å². The van der Waals surface area contributed by atoms with Crippen LogP contribution in [0, 0.1) is 0 Å². The first-order chi connectivity index (χ1) is 14.7. The summed E-state index contributed by atoms with van der Waals surface area (Å²) in [5.74, 6) is -0.00203. The van der Waals surface area contributed by atoms with E-state index in [9.17, 15) is 9.59 Å². The maximum atomic E-state index is 13.3. The second-order valence-electron chi connectivity index (χ2n) is 8.09. The Balaban J connectivity index is 1.27. The second kappa shape index (κ2) is 7.44. The third-order valence-corrected chi connectivity index (χ3v) is 6.10. The Bertz CT molecular complexity index is 1070. The van der Waals surface area contributed by atoms with E-state index in [-0.39, 0.29) is 17.2 Å². The number of benzene rings is 2. The van der Waals surface area contributed by atoms with Crippen molar-refractivity contribution in [2.75, 3.05) is 6.54 Å². The molecule has 2 heterocycles. The van der Waals surface area contributed by atoms with E-state index in [0.717, 1.165) is 29.7 Å². The van der Waals surface area contributed by atoms with Crippen LogP contribution in [0.3, 0.4) is 0 Å². The van der Waals surface area contributed by atoms with Crippen molar-refractivity contribution in [3.8, 4) is 0 Å². The van der Waals surface area contributed by atoms with E-state index in [4.69, 9.17) is 0 Å². The van der Waals surface area contributed by atoms with Gasteiger partial charge >= 0.3 is 0 Å². The van der Waals surface area contributed by atoms with E-state index in [1.165, 1.54) is 0 Å². The van der Waals surface area contributed by atoms with Crippen LogP contribution in [-0.2, 0) is 29.8 Å². The molecule has 2 amide bonds. The number of carbonyl (C=O) groups excluding carboxylic acids is 2. The molecule has 3 aromatic rings. The minimum atomic E-state index is -0.362. The van der Waals surface area contributed by atoms with Gasteiger partial charge in [0.1, 0.15) is 0 Å². The Morgan fingerprint density at radius 1 is 0.967 bits per heavy atom. The molecule has 0 radical (unpaired) electrons. The van der Waals surface area contributed by atoms with Crippen LogP contribution in [0.25, 0.3) is 0 Å². The third kappa shape index (κ3) is 3.38. The summed E-state index contributed by atoms with van der Waals surface area (Å²) >= 11 is 0. The van der Waals surface area contributed by atoms with Crippen LogP contribution >= 0.6 is 0 Å². The van der Waals surface area contributed by atoms with E-state index in [2.05, 4.69) is 10.4 Å². The largest absolute Gasteiger partial charge is 0.347 e. The zero-order valence-corrected chi connectivity index (χ0v) is 16.8. The smallest absolute Gasteiger partial charge is 0.272 e. The quantitative estimate of drug-likeness (QED) is 0.716. The minimum Gasteiger partial charge on any atom is -0.347 e. The molecule has 0 bridgehead atoms. The fraction of sp³-hybridized carbons (Fsp3) is 0.292. The average molecular weight is 400 g/mol. The molecular formula is C24H24N4O2. The number of rotatable bonds is 5. The van der Waals surface area contributed by atoms with E-state index in [1.807, 2.05) is 76.3 Å². The number of amides is 2. The third-order valence-electron chi connectivity index (χ3n) is 6.10. The normalized spacial score (nSPS) is 16.6. The van der Waals surface area contributed by atoms with Crippen LogP contribution in [0.1, 0.15) is 40.2 Å². The standard InChI is InChI=1S/C24H24N4O2/c29-22(25-16-18-7-3-1-4-8-18)21-15-20-17-27(13-14-28(20)26-21)23(30)24(11-12-24)19-9-5-2-6-10-19/h1-10,15H,11-14,16-17H2,(H,25,29). The molecule has 1 aliphatic carbocycles. The highest BCUT2D eigenvalue weighted by Gasteiger charge is 2.53. The number of carbonyl (C=O) groups is 2. The van der Waals surface area contributed by atoms with Crippen molar-refractivity contribution in [3.05, 3.63) is 89.2 Å². The number of nitrogens with one attached hydrogen (secondary N) is 1. The van der Waals surface area contributed by atoms with Crippen LogP contribution in [0.2, 0.25) is 0 Å². The number of fused-ring (bicyclic) bond motifs is 1. The van der Waals surface area contributed by atoms with Gasteiger partial charge in [0.25, 0.3) is 5.91 Å². The molecule has 30 heavy (non-hydrogen) atoms. The highest BCUT2D eigenvalue weighted by atomic mass is 16.2. The Labute approximate surface area is 175 Å². The SMILES string of the molecule is O=C(NCc1ccccc1)c1cc2n(n1)CCN(C(=O)C1(c3ccccc3)CC1)C2. The summed E-state index contributed by atoms with van der Waals surface area (Å²) in [6, 6.07) is 21.7. The minimum absolute atomic E-state index is 0.191. The number of hydrogen-bond acceptors (Lipinski definition) is 3. The maximum absolute atomic E-state index is 13.3. The van der Waals surface area contributed by atoms with Crippen LogP contribution in [-0.4, -0.2) is 33.0 Å². The Kier molecular flexibility index (Phi) is 4.62. The topological polar surface area (TPSA) is 67.2 Å². The number of aromatic nitrogens is 2. The number of hydrogen-bond donors (Lipinski definition) is 1. The van der Waals surface area contributed by atoms with Gasteiger partial charge < -0.3 is 10.2 Å². The van der Waals surface area contributed by atoms with Gasteiger partial charge in [0.15, 0.2) is 5.69 Å². The summed E-state index contributed by atoms with van der Waals surface area (Å²) in [5.41, 5.74) is 3.10. The van der Waals surface area contributed by atoms with Gasteiger partial charge in [-0.05, 0) is 30.0 Å². The lowest BCUT2D eigenvalue weighted by Crippen LogP contribution is -2.43. The molecule has 0 spiro atoms. The molecule has 1 fully saturated rings. The lowest BCUT2D eigenvalue weighted by atomic mass is 9.94. The molecule has 6 nitrogen and oxygen atoms in total. The molecule has 1 N–H and O–H groups in total. The zero-order chi connectivity index (χ0) is 20.6. The monoisotopic (exact) mass is 400 g/mol. The van der Waals surface area contributed by atoms with Gasteiger partial charge in [-0.25, -0.2) is 0 Å². The van der Waals surface area contributed by atoms with Crippen molar-refractivity contribution < 1.29 is 9.59 Å². The molecule has 5 rings (SSSR count). The van der Waals surface area contributed by atoms with Crippen molar-refractivity contribution in [3.63, 3.8) is 0 Å². The fourth-order valence-corrected chi connectivity index (χ4v) is 4.23. The molecule has 2 aromatic carbocycles. The van der Waals surface area contributed by atoms with Crippen molar-refractivity contribution in [1.29, 1.82) is 0 Å². The molecule has 1 aromatic heterocycles. The molecule has 2 aliphatic rings. The Morgan fingerprint density at radius 2 is 1.67 bits per heavy atom. The summed E-state index contributed by atoms with van der Waals surface area (Å²) in [6.45, 7) is 2.18. The predicted molar refractivity (Wildman–Crippen MR) is 113 cm³/mol. The first-order valence-electron chi connectivity index (χ1n) is 10.4. The summed E-state index contributed by atoms with van der Waals surface area (Å²) in [6.07, 6.45) is 1.80. The van der Waals surface area contributed by atoms with Gasteiger partial charge in [-0.1, -0.05) is 60.7 Å². The molecular weight excluding hydrogens is 376 g/mol. The zero-order valence-electron chi connectivity index (χ0n) is 16.8. The lowest BCUT2D eigenvalue weighted by Gasteiger charge is -2.31. The first-order valence-corrected chi connectivity index (χ1v) is 10.4. The van der Waals surface area contributed by atoms with Crippen molar-refractivity contribution >= 4 is 11.8 Å². The van der Waals surface area contributed by atoms with E-state index < -0.39 is 0 Å². The van der Waals surface area contributed by atoms with E-state index in [1.54, 1.807) is 0 Å². The summed E-state index contributed by atoms with van der Waals surface area (Å²) in [5, 5.41) is 7.38. The van der Waals surface area contributed by atoms with Crippen LogP contribution in [0.4, 0.5) is 0 Å². The van der Waals surface area contributed by atoms with Gasteiger partial charge in [-0.15, -0.1) is 0 Å². The highest BCUT2D eigenvalue weighted by molar-refractivity contribution is 5.93. The van der Waals surface area contributed by atoms with E-state index in [0.29, 0.717) is 31.9 Å². The fourth-order valence-electron chi connectivity index (χ4n) is 4.23. The van der Waals surface area contributed by atoms with Gasteiger partial charge in [0, 0.05) is 13.1 Å². The lowest BCUT2D eigenvalue weighted by molar-refractivity contribution is -0.135. The Hall–Kier alpha value is -3.41. The summed E-state index contributed by atoms with van der Waals surface area (Å²) < 4.78 is 1.85. The van der Waals surface area contributed by atoms with E-state index >= 15 is 0 Å². The molecule has 152 valence electrons. The van der Waals surface area contributed by atoms with Gasteiger partial charge in [0.05, 0.1) is 24.2 Å². The molecule has 0 saturated heterocycles. The van der Waals surface area contributed by atoms with Gasteiger partial charge in [-0.2, -0.15) is 5.10 Å². The molecule has 6 heteroatoms. The summed E-state index contributed by atoms with van der Waals surface area (Å²) in [4.78, 5) is 27.8. The van der Waals surface area contributed by atoms with Crippen LogP contribution in [0.15, 0.2) is 66.7 Å². The van der Waals surface area contributed by atoms with Crippen LogP contribution in [0.5, 0.6) is 0 Å². The second-order valence-corrected chi connectivity index (χ2v) is 8.09. The molecule has 1 saturated carbocycles. The molecule has 1 aliphatic heterocycles. The van der Waals surface area contributed by atoms with Crippen molar-refractivity contribution in [1.82, 2.24) is 20.0 Å². The van der Waals surface area contributed by atoms with Gasteiger partial charge in [-0.3, -0.25) is 14.3 Å². The maximum Gasteiger partial charge on any atom is 0.272 e. The highest BCUT2D eigenvalue weighted by Crippen LogP contribution is 2.49. The van der Waals surface area contributed by atoms with Crippen LogP contribution < -0.4 is 5.32 Å².